The summed E-state index contributed by atoms with van der Waals surface area (Å²) in [5.41, 5.74) is 1.92. The highest BCUT2D eigenvalue weighted by molar-refractivity contribution is 5.94. The fourth-order valence-corrected chi connectivity index (χ4v) is 3.36. The van der Waals surface area contributed by atoms with Crippen molar-refractivity contribution in [1.82, 2.24) is 0 Å². The fraction of sp³-hybridized carbons (Fsp3) is 0.632. The molecule has 1 aliphatic rings. The summed E-state index contributed by atoms with van der Waals surface area (Å²) >= 11 is 0. The van der Waals surface area contributed by atoms with Gasteiger partial charge in [-0.25, -0.2) is 0 Å². The molecule has 3 heteroatoms. The lowest BCUT2D eigenvalue weighted by atomic mass is 9.79. The minimum atomic E-state index is 0.151. The molecule has 3 nitrogen and oxygen atoms in total. The summed E-state index contributed by atoms with van der Waals surface area (Å²) in [5, 5.41) is 3.07. The second-order valence-corrected chi connectivity index (χ2v) is 6.55. The van der Waals surface area contributed by atoms with E-state index in [4.69, 9.17) is 4.74 Å². The van der Waals surface area contributed by atoms with Crippen LogP contribution in [0, 0.1) is 18.8 Å². The SMILES string of the molecule is CCCCC1CCC(C(=O)Nc2cc(C)ccc2OC)CC1. The first-order chi connectivity index (χ1) is 10.6. The van der Waals surface area contributed by atoms with E-state index in [0.29, 0.717) is 0 Å². The van der Waals surface area contributed by atoms with Crippen LogP contribution in [-0.4, -0.2) is 13.0 Å². The number of amides is 1. The van der Waals surface area contributed by atoms with E-state index in [1.807, 2.05) is 25.1 Å². The lowest BCUT2D eigenvalue weighted by Crippen LogP contribution is -2.27. The van der Waals surface area contributed by atoms with E-state index in [9.17, 15) is 4.79 Å². The summed E-state index contributed by atoms with van der Waals surface area (Å²) < 4.78 is 5.34. The van der Waals surface area contributed by atoms with Gasteiger partial charge in [0.05, 0.1) is 12.8 Å². The quantitative estimate of drug-likeness (QED) is 0.808. The second-order valence-electron chi connectivity index (χ2n) is 6.55. The van der Waals surface area contributed by atoms with Crippen LogP contribution in [0.5, 0.6) is 5.75 Å². The first kappa shape index (κ1) is 16.9. The van der Waals surface area contributed by atoms with Gasteiger partial charge in [0.15, 0.2) is 0 Å². The molecule has 1 saturated carbocycles. The number of hydrogen-bond donors (Lipinski definition) is 1. The molecular weight excluding hydrogens is 274 g/mol. The fourth-order valence-electron chi connectivity index (χ4n) is 3.36. The number of nitrogens with one attached hydrogen (secondary N) is 1. The van der Waals surface area contributed by atoms with Crippen LogP contribution in [0.2, 0.25) is 0 Å². The molecule has 1 aliphatic carbocycles. The maximum atomic E-state index is 12.5. The third kappa shape index (κ3) is 4.49. The average Bonchev–Trinajstić information content (AvgIpc) is 2.53. The Labute approximate surface area is 134 Å². The van der Waals surface area contributed by atoms with E-state index < -0.39 is 0 Å². The van der Waals surface area contributed by atoms with Gasteiger partial charge >= 0.3 is 0 Å². The van der Waals surface area contributed by atoms with E-state index >= 15 is 0 Å². The topological polar surface area (TPSA) is 38.3 Å². The summed E-state index contributed by atoms with van der Waals surface area (Å²) in [7, 11) is 1.64. The van der Waals surface area contributed by atoms with Gasteiger partial charge in [0.25, 0.3) is 0 Å². The molecule has 0 atom stereocenters. The first-order valence-electron chi connectivity index (χ1n) is 8.59. The summed E-state index contributed by atoms with van der Waals surface area (Å²) in [6.45, 7) is 4.27. The number of aryl methyl sites for hydroxylation is 1. The third-order valence-electron chi connectivity index (χ3n) is 4.80. The van der Waals surface area contributed by atoms with Crippen LogP contribution in [0.25, 0.3) is 0 Å². The van der Waals surface area contributed by atoms with Gasteiger partial charge in [0.2, 0.25) is 5.91 Å². The van der Waals surface area contributed by atoms with Crippen molar-refractivity contribution in [2.24, 2.45) is 11.8 Å². The summed E-state index contributed by atoms with van der Waals surface area (Å²) in [5.74, 6) is 1.87. The number of methoxy groups -OCH3 is 1. The summed E-state index contributed by atoms with van der Waals surface area (Å²) in [4.78, 5) is 12.5. The number of hydrogen-bond acceptors (Lipinski definition) is 2. The molecule has 0 aliphatic heterocycles. The molecule has 122 valence electrons. The van der Waals surface area contributed by atoms with Crippen molar-refractivity contribution >= 4 is 11.6 Å². The van der Waals surface area contributed by atoms with E-state index in [1.165, 1.54) is 32.1 Å². The van der Waals surface area contributed by atoms with Crippen molar-refractivity contribution in [2.75, 3.05) is 12.4 Å². The second kappa shape index (κ2) is 8.21. The zero-order chi connectivity index (χ0) is 15.9. The molecule has 1 aromatic rings. The maximum Gasteiger partial charge on any atom is 0.227 e. The molecule has 0 saturated heterocycles. The van der Waals surface area contributed by atoms with Gasteiger partial charge < -0.3 is 10.1 Å². The van der Waals surface area contributed by atoms with Crippen molar-refractivity contribution in [3.05, 3.63) is 23.8 Å². The Morgan fingerprint density at radius 2 is 2.00 bits per heavy atom. The van der Waals surface area contributed by atoms with Crippen molar-refractivity contribution in [2.45, 2.75) is 58.8 Å². The Kier molecular flexibility index (Phi) is 6.29. The molecular formula is C19H29NO2. The van der Waals surface area contributed by atoms with Crippen LogP contribution in [-0.2, 0) is 4.79 Å². The summed E-state index contributed by atoms with van der Waals surface area (Å²) in [6.07, 6.45) is 8.36. The number of benzene rings is 1. The van der Waals surface area contributed by atoms with E-state index in [2.05, 4.69) is 12.2 Å². The average molecular weight is 303 g/mol. The maximum absolute atomic E-state index is 12.5. The van der Waals surface area contributed by atoms with Crippen molar-refractivity contribution in [3.63, 3.8) is 0 Å². The number of unbranched alkanes of at least 4 members (excludes halogenated alkanes) is 1. The molecule has 1 aromatic carbocycles. The lowest BCUT2D eigenvalue weighted by molar-refractivity contribution is -0.121. The Hall–Kier alpha value is -1.51. The smallest absolute Gasteiger partial charge is 0.227 e. The van der Waals surface area contributed by atoms with E-state index in [0.717, 1.165) is 35.8 Å². The van der Waals surface area contributed by atoms with Gasteiger partial charge in [-0.1, -0.05) is 32.3 Å². The predicted molar refractivity (Wildman–Crippen MR) is 91.3 cm³/mol. The molecule has 1 fully saturated rings. The van der Waals surface area contributed by atoms with Crippen molar-refractivity contribution in [3.8, 4) is 5.75 Å². The number of carbonyl (C=O) groups is 1. The minimum Gasteiger partial charge on any atom is -0.495 e. The molecule has 1 N–H and O–H groups in total. The molecule has 0 heterocycles. The Morgan fingerprint density at radius 1 is 1.27 bits per heavy atom. The van der Waals surface area contributed by atoms with Crippen LogP contribution >= 0.6 is 0 Å². The van der Waals surface area contributed by atoms with Crippen molar-refractivity contribution in [1.29, 1.82) is 0 Å². The minimum absolute atomic E-state index is 0.151. The van der Waals surface area contributed by atoms with Crippen LogP contribution in [0.3, 0.4) is 0 Å². The molecule has 0 aromatic heterocycles. The number of rotatable bonds is 6. The highest BCUT2D eigenvalue weighted by Gasteiger charge is 2.26. The largest absolute Gasteiger partial charge is 0.495 e. The van der Waals surface area contributed by atoms with E-state index in [-0.39, 0.29) is 11.8 Å². The van der Waals surface area contributed by atoms with Gasteiger partial charge in [0.1, 0.15) is 5.75 Å². The van der Waals surface area contributed by atoms with Gasteiger partial charge in [-0.2, -0.15) is 0 Å². The molecule has 0 radical (unpaired) electrons. The molecule has 1 amide bonds. The van der Waals surface area contributed by atoms with Crippen LogP contribution in [0.1, 0.15) is 57.4 Å². The number of ether oxygens (including phenoxy) is 1. The normalized spacial score (nSPS) is 21.4. The van der Waals surface area contributed by atoms with Gasteiger partial charge in [-0.3, -0.25) is 4.79 Å². The van der Waals surface area contributed by atoms with Gasteiger partial charge in [0, 0.05) is 5.92 Å². The summed E-state index contributed by atoms with van der Waals surface area (Å²) in [6, 6.07) is 5.88. The molecule has 0 spiro atoms. The molecule has 0 bridgehead atoms. The van der Waals surface area contributed by atoms with Crippen LogP contribution in [0.15, 0.2) is 18.2 Å². The highest BCUT2D eigenvalue weighted by atomic mass is 16.5. The van der Waals surface area contributed by atoms with E-state index in [1.54, 1.807) is 7.11 Å². The molecule has 22 heavy (non-hydrogen) atoms. The monoisotopic (exact) mass is 303 g/mol. The van der Waals surface area contributed by atoms with Crippen LogP contribution < -0.4 is 10.1 Å². The number of anilines is 1. The predicted octanol–water partition coefficient (Wildman–Crippen LogP) is 4.94. The third-order valence-corrected chi connectivity index (χ3v) is 4.80. The highest BCUT2D eigenvalue weighted by Crippen LogP contribution is 2.33. The number of carbonyl (C=O) groups excluding carboxylic acids is 1. The Balaban J connectivity index is 1.90. The van der Waals surface area contributed by atoms with Crippen molar-refractivity contribution < 1.29 is 9.53 Å². The Bertz CT molecular complexity index is 490. The molecule has 0 unspecified atom stereocenters. The van der Waals surface area contributed by atoms with Crippen LogP contribution in [0.4, 0.5) is 5.69 Å². The Morgan fingerprint density at radius 3 is 2.64 bits per heavy atom. The standard InChI is InChI=1S/C19H29NO2/c1-4-5-6-15-8-10-16(11-9-15)19(21)20-17-13-14(2)7-12-18(17)22-3/h7,12-13,15-16H,4-6,8-11H2,1-3H3,(H,20,21). The zero-order valence-electron chi connectivity index (χ0n) is 14.2. The zero-order valence-corrected chi connectivity index (χ0v) is 14.2. The lowest BCUT2D eigenvalue weighted by Gasteiger charge is -2.28. The van der Waals surface area contributed by atoms with Gasteiger partial charge in [-0.05, 0) is 56.2 Å². The first-order valence-corrected chi connectivity index (χ1v) is 8.59. The van der Waals surface area contributed by atoms with Gasteiger partial charge in [-0.15, -0.1) is 0 Å². The molecule has 2 rings (SSSR count).